The molecule has 0 bridgehead atoms. The Morgan fingerprint density at radius 2 is 1.90 bits per heavy atom. The summed E-state index contributed by atoms with van der Waals surface area (Å²) >= 11 is 0. The third-order valence-corrected chi connectivity index (χ3v) is 4.30. The number of methoxy groups -OCH3 is 1. The van der Waals surface area contributed by atoms with Crippen molar-refractivity contribution in [3.63, 3.8) is 0 Å². The molecule has 3 aromatic rings. The van der Waals surface area contributed by atoms with E-state index in [-0.39, 0.29) is 18.3 Å². The summed E-state index contributed by atoms with van der Waals surface area (Å²) in [6.45, 7) is 1.83. The number of hydrogen-bond acceptors (Lipinski definition) is 5. The van der Waals surface area contributed by atoms with Crippen molar-refractivity contribution in [2.24, 2.45) is 7.05 Å². The number of benzene rings is 2. The molecule has 1 N–H and O–H groups in total. The highest BCUT2D eigenvalue weighted by atomic mass is 16.5. The Hall–Kier alpha value is -3.87. The topological polar surface area (TPSA) is 82.4 Å². The number of ketones is 1. The first-order chi connectivity index (χ1) is 14.4. The third-order valence-electron chi connectivity index (χ3n) is 4.30. The fourth-order valence-corrected chi connectivity index (χ4v) is 2.70. The molecule has 0 spiro atoms. The first kappa shape index (κ1) is 20.9. The normalized spacial score (nSPS) is 10.8. The number of allylic oxidation sites excluding steroid dienone is 1. The molecule has 2 aromatic carbocycles. The quantitative estimate of drug-likeness (QED) is 0.457. The fraction of sp³-hybridized carbons (Fsp3) is 0.174. The zero-order valence-electron chi connectivity index (χ0n) is 17.1. The summed E-state index contributed by atoms with van der Waals surface area (Å²) in [5.74, 6) is 0.489. The lowest BCUT2D eigenvalue weighted by molar-refractivity contribution is -0.118. The molecule has 1 aromatic heterocycles. The molecule has 0 aliphatic carbocycles. The second kappa shape index (κ2) is 9.56. The minimum Gasteiger partial charge on any atom is -0.493 e. The van der Waals surface area contributed by atoms with Crippen LogP contribution in [0.15, 0.2) is 60.9 Å². The predicted octanol–water partition coefficient (Wildman–Crippen LogP) is 3.65. The van der Waals surface area contributed by atoms with E-state index in [9.17, 15) is 9.59 Å². The van der Waals surface area contributed by atoms with Gasteiger partial charge in [-0.1, -0.05) is 29.8 Å². The molecule has 0 aliphatic heterocycles. The molecule has 0 saturated heterocycles. The van der Waals surface area contributed by atoms with Gasteiger partial charge in [0.05, 0.1) is 18.9 Å². The minimum absolute atomic E-state index is 0.143. The van der Waals surface area contributed by atoms with Gasteiger partial charge < -0.3 is 14.8 Å². The van der Waals surface area contributed by atoms with Gasteiger partial charge in [-0.15, -0.1) is 0 Å². The summed E-state index contributed by atoms with van der Waals surface area (Å²) in [7, 11) is 3.27. The van der Waals surface area contributed by atoms with Crippen molar-refractivity contribution in [1.82, 2.24) is 9.78 Å². The molecule has 0 atom stereocenters. The summed E-state index contributed by atoms with van der Waals surface area (Å²) in [4.78, 5) is 24.3. The Kier molecular flexibility index (Phi) is 6.64. The van der Waals surface area contributed by atoms with Crippen LogP contribution < -0.4 is 14.8 Å². The number of ether oxygens (including phenoxy) is 2. The van der Waals surface area contributed by atoms with E-state index in [1.165, 1.54) is 19.4 Å². The predicted molar refractivity (Wildman–Crippen MR) is 115 cm³/mol. The number of aryl methyl sites for hydroxylation is 2. The number of carbonyl (C=O) groups excluding carboxylic acids is 2. The van der Waals surface area contributed by atoms with E-state index in [4.69, 9.17) is 9.47 Å². The van der Waals surface area contributed by atoms with Crippen molar-refractivity contribution in [3.05, 3.63) is 77.6 Å². The molecule has 30 heavy (non-hydrogen) atoms. The number of anilines is 1. The average Bonchev–Trinajstić information content (AvgIpc) is 3.18. The van der Waals surface area contributed by atoms with Crippen LogP contribution in [0.3, 0.4) is 0 Å². The summed E-state index contributed by atoms with van der Waals surface area (Å²) in [6, 6.07) is 12.7. The summed E-state index contributed by atoms with van der Waals surface area (Å²) in [6.07, 6.45) is 6.34. The molecular weight excluding hydrogens is 382 g/mol. The molecule has 0 fully saturated rings. The van der Waals surface area contributed by atoms with Gasteiger partial charge in [-0.25, -0.2) is 0 Å². The monoisotopic (exact) mass is 405 g/mol. The zero-order valence-corrected chi connectivity index (χ0v) is 17.1. The molecule has 154 valence electrons. The number of nitrogens with one attached hydrogen (secondary N) is 1. The Morgan fingerprint density at radius 1 is 1.13 bits per heavy atom. The van der Waals surface area contributed by atoms with Crippen LogP contribution in [-0.4, -0.2) is 35.2 Å². The van der Waals surface area contributed by atoms with Crippen molar-refractivity contribution in [3.8, 4) is 11.5 Å². The smallest absolute Gasteiger partial charge is 0.262 e. The lowest BCUT2D eigenvalue weighted by Gasteiger charge is -2.11. The van der Waals surface area contributed by atoms with Crippen molar-refractivity contribution in [2.45, 2.75) is 6.92 Å². The maximum atomic E-state index is 12.2. The van der Waals surface area contributed by atoms with E-state index >= 15 is 0 Å². The van der Waals surface area contributed by atoms with E-state index in [2.05, 4.69) is 10.4 Å². The van der Waals surface area contributed by atoms with Crippen LogP contribution in [0.25, 0.3) is 6.08 Å². The van der Waals surface area contributed by atoms with E-state index in [0.717, 1.165) is 11.1 Å². The van der Waals surface area contributed by atoms with E-state index in [0.29, 0.717) is 22.7 Å². The molecule has 0 radical (unpaired) electrons. The Balaban J connectivity index is 1.60. The van der Waals surface area contributed by atoms with Gasteiger partial charge in [-0.2, -0.15) is 5.10 Å². The Bertz CT molecular complexity index is 1070. The molecular formula is C23H23N3O4. The van der Waals surface area contributed by atoms with E-state index in [1.54, 1.807) is 42.2 Å². The molecule has 1 heterocycles. The van der Waals surface area contributed by atoms with Crippen molar-refractivity contribution < 1.29 is 19.1 Å². The second-order valence-corrected chi connectivity index (χ2v) is 6.71. The van der Waals surface area contributed by atoms with Crippen LogP contribution in [0.5, 0.6) is 11.5 Å². The van der Waals surface area contributed by atoms with Gasteiger partial charge in [0.25, 0.3) is 5.91 Å². The number of amides is 1. The number of aromatic nitrogens is 2. The minimum atomic E-state index is -0.271. The van der Waals surface area contributed by atoms with Crippen LogP contribution in [0.2, 0.25) is 0 Å². The maximum Gasteiger partial charge on any atom is 0.262 e. The summed E-state index contributed by atoms with van der Waals surface area (Å²) in [5, 5.41) is 6.77. The highest BCUT2D eigenvalue weighted by molar-refractivity contribution is 6.06. The standard InChI is InChI=1S/C23H23N3O4/c1-16-4-8-19(9-5-16)25-23(28)15-30-21-11-7-17(12-22(21)29-3)6-10-20(27)18-13-24-26(2)14-18/h4-14H,15H2,1-3H3,(H,25,28)/b10-6+. The lowest BCUT2D eigenvalue weighted by atomic mass is 10.1. The largest absolute Gasteiger partial charge is 0.493 e. The zero-order chi connectivity index (χ0) is 21.5. The van der Waals surface area contributed by atoms with Crippen LogP contribution >= 0.6 is 0 Å². The molecule has 7 nitrogen and oxygen atoms in total. The highest BCUT2D eigenvalue weighted by Gasteiger charge is 2.09. The van der Waals surface area contributed by atoms with Gasteiger partial charge in [-0.05, 0) is 42.8 Å². The van der Waals surface area contributed by atoms with Crippen molar-refractivity contribution >= 4 is 23.5 Å². The number of carbonyl (C=O) groups is 2. The Morgan fingerprint density at radius 3 is 2.57 bits per heavy atom. The van der Waals surface area contributed by atoms with Crippen LogP contribution in [0.1, 0.15) is 21.5 Å². The van der Waals surface area contributed by atoms with Gasteiger partial charge >= 0.3 is 0 Å². The lowest BCUT2D eigenvalue weighted by Crippen LogP contribution is -2.20. The molecule has 0 saturated carbocycles. The van der Waals surface area contributed by atoms with Gasteiger partial charge in [0, 0.05) is 18.9 Å². The first-order valence-corrected chi connectivity index (χ1v) is 9.33. The molecule has 1 amide bonds. The van der Waals surface area contributed by atoms with Crippen LogP contribution in [-0.2, 0) is 11.8 Å². The Labute approximate surface area is 174 Å². The highest BCUT2D eigenvalue weighted by Crippen LogP contribution is 2.28. The number of nitrogens with zero attached hydrogens (tertiary/aromatic N) is 2. The van der Waals surface area contributed by atoms with Gasteiger partial charge in [0.15, 0.2) is 23.9 Å². The fourth-order valence-electron chi connectivity index (χ4n) is 2.70. The molecule has 3 rings (SSSR count). The van der Waals surface area contributed by atoms with Gasteiger partial charge in [-0.3, -0.25) is 14.3 Å². The van der Waals surface area contributed by atoms with Crippen LogP contribution in [0.4, 0.5) is 5.69 Å². The second-order valence-electron chi connectivity index (χ2n) is 6.71. The maximum absolute atomic E-state index is 12.2. The van der Waals surface area contributed by atoms with E-state index < -0.39 is 0 Å². The van der Waals surface area contributed by atoms with Gasteiger partial charge in [0.2, 0.25) is 0 Å². The molecule has 0 unspecified atom stereocenters. The van der Waals surface area contributed by atoms with Crippen molar-refractivity contribution in [1.29, 1.82) is 0 Å². The number of rotatable bonds is 8. The average molecular weight is 405 g/mol. The third kappa shape index (κ3) is 5.57. The summed E-state index contributed by atoms with van der Waals surface area (Å²) < 4.78 is 12.5. The molecule has 0 aliphatic rings. The SMILES string of the molecule is COc1cc(/C=C/C(=O)c2cnn(C)c2)ccc1OCC(=O)Nc1ccc(C)cc1. The van der Waals surface area contributed by atoms with Gasteiger partial charge in [0.1, 0.15) is 0 Å². The molecule has 7 heteroatoms. The number of hydrogen-bond donors (Lipinski definition) is 1. The van der Waals surface area contributed by atoms with Crippen LogP contribution in [0, 0.1) is 6.92 Å². The van der Waals surface area contributed by atoms with E-state index in [1.807, 2.05) is 31.2 Å². The van der Waals surface area contributed by atoms with Crippen molar-refractivity contribution in [2.75, 3.05) is 19.0 Å². The summed E-state index contributed by atoms with van der Waals surface area (Å²) in [5.41, 5.74) is 3.10. The first-order valence-electron chi connectivity index (χ1n) is 9.33.